The zero-order valence-electron chi connectivity index (χ0n) is 15.5. The van der Waals surface area contributed by atoms with Gasteiger partial charge in [-0.25, -0.2) is 9.78 Å². The highest BCUT2D eigenvalue weighted by Gasteiger charge is 2.21. The molecule has 2 heterocycles. The Bertz CT molecular complexity index is 1110. The van der Waals surface area contributed by atoms with Crippen LogP contribution >= 0.6 is 11.3 Å². The van der Waals surface area contributed by atoms with Gasteiger partial charge in [-0.15, -0.1) is 11.3 Å². The van der Waals surface area contributed by atoms with Crippen LogP contribution in [0.5, 0.6) is 0 Å². The average molecular weight is 385 g/mol. The van der Waals surface area contributed by atoms with Gasteiger partial charge in [-0.3, -0.25) is 14.2 Å². The monoisotopic (exact) mass is 385 g/mol. The summed E-state index contributed by atoms with van der Waals surface area (Å²) in [6, 6.07) is 5.40. The Morgan fingerprint density at radius 1 is 1.26 bits per heavy atom. The van der Waals surface area contributed by atoms with Gasteiger partial charge in [-0.05, 0) is 38.5 Å². The molecule has 0 spiro atoms. The molecule has 0 saturated carbocycles. The van der Waals surface area contributed by atoms with Gasteiger partial charge in [0, 0.05) is 4.88 Å². The molecule has 0 saturated heterocycles. The van der Waals surface area contributed by atoms with Crippen molar-refractivity contribution in [2.24, 2.45) is 0 Å². The number of rotatable bonds is 4. The number of nitrogens with zero attached hydrogens (tertiary/aromatic N) is 2. The second-order valence-electron chi connectivity index (χ2n) is 6.23. The molecule has 7 nitrogen and oxygen atoms in total. The number of aromatic nitrogens is 2. The predicted molar refractivity (Wildman–Crippen MR) is 105 cm³/mol. The molecule has 0 radical (unpaired) electrons. The van der Waals surface area contributed by atoms with Crippen LogP contribution < -0.4 is 10.9 Å². The summed E-state index contributed by atoms with van der Waals surface area (Å²) >= 11 is 1.30. The minimum atomic E-state index is -0.507. The van der Waals surface area contributed by atoms with Crippen LogP contribution in [0.3, 0.4) is 0 Å². The van der Waals surface area contributed by atoms with Gasteiger partial charge in [0.25, 0.3) is 5.56 Å². The summed E-state index contributed by atoms with van der Waals surface area (Å²) in [6.45, 7) is 5.35. The van der Waals surface area contributed by atoms with E-state index in [1.165, 1.54) is 29.3 Å². The van der Waals surface area contributed by atoms with E-state index in [0.717, 1.165) is 16.0 Å². The van der Waals surface area contributed by atoms with Gasteiger partial charge < -0.3 is 10.1 Å². The standard InChI is InChI=1S/C19H19N3O4S/c1-10-5-6-14-13(7-10)18(24)22(9-20-14)8-15(23)21-17-16(19(25)26-4)11(2)12(3)27-17/h5-7,9H,8H2,1-4H3,(H,21,23). The van der Waals surface area contributed by atoms with Crippen LogP contribution in [0.2, 0.25) is 0 Å². The Labute approximate surface area is 159 Å². The molecule has 0 aliphatic rings. The molecule has 2 aromatic heterocycles. The Hall–Kier alpha value is -3.00. The van der Waals surface area contributed by atoms with Crippen molar-refractivity contribution in [3.63, 3.8) is 0 Å². The molecule has 0 atom stereocenters. The SMILES string of the molecule is COC(=O)c1c(NC(=O)Cn2cnc3ccc(C)cc3c2=O)sc(C)c1C. The Morgan fingerprint density at radius 2 is 2.00 bits per heavy atom. The van der Waals surface area contributed by atoms with E-state index in [-0.39, 0.29) is 12.1 Å². The number of fused-ring (bicyclic) bond motifs is 1. The van der Waals surface area contributed by atoms with Gasteiger partial charge in [-0.1, -0.05) is 11.6 Å². The number of hydrogen-bond donors (Lipinski definition) is 1. The molecule has 0 aliphatic heterocycles. The van der Waals surface area contributed by atoms with E-state index in [1.807, 2.05) is 19.9 Å². The number of methoxy groups -OCH3 is 1. The van der Waals surface area contributed by atoms with Crippen LogP contribution in [0.1, 0.15) is 26.4 Å². The molecule has 1 aromatic carbocycles. The summed E-state index contributed by atoms with van der Waals surface area (Å²) in [5.41, 5.74) is 2.34. The predicted octanol–water partition coefficient (Wildman–Crippen LogP) is 2.81. The third-order valence-electron chi connectivity index (χ3n) is 4.32. The Balaban J connectivity index is 1.88. The summed E-state index contributed by atoms with van der Waals surface area (Å²) in [6.07, 6.45) is 1.35. The smallest absolute Gasteiger partial charge is 0.341 e. The van der Waals surface area contributed by atoms with Crippen LogP contribution in [0.4, 0.5) is 5.00 Å². The molecular weight excluding hydrogens is 366 g/mol. The summed E-state index contributed by atoms with van der Waals surface area (Å²) < 4.78 is 6.05. The number of thiophene rings is 1. The average Bonchev–Trinajstić information content (AvgIpc) is 2.91. The number of esters is 1. The summed E-state index contributed by atoms with van der Waals surface area (Å²) in [4.78, 5) is 42.2. The van der Waals surface area contributed by atoms with Gasteiger partial charge >= 0.3 is 5.97 Å². The molecule has 0 fully saturated rings. The number of anilines is 1. The number of hydrogen-bond acceptors (Lipinski definition) is 6. The van der Waals surface area contributed by atoms with Crippen molar-refractivity contribution >= 4 is 39.1 Å². The molecule has 8 heteroatoms. The highest BCUT2D eigenvalue weighted by molar-refractivity contribution is 7.16. The fourth-order valence-corrected chi connectivity index (χ4v) is 3.83. The first-order valence-corrected chi connectivity index (χ1v) is 9.07. The van der Waals surface area contributed by atoms with E-state index in [4.69, 9.17) is 4.74 Å². The molecule has 27 heavy (non-hydrogen) atoms. The zero-order valence-corrected chi connectivity index (χ0v) is 16.3. The van der Waals surface area contributed by atoms with Crippen molar-refractivity contribution in [2.45, 2.75) is 27.3 Å². The van der Waals surface area contributed by atoms with E-state index in [9.17, 15) is 14.4 Å². The Morgan fingerprint density at radius 3 is 2.70 bits per heavy atom. The maximum absolute atomic E-state index is 12.6. The van der Waals surface area contributed by atoms with Crippen molar-refractivity contribution in [3.8, 4) is 0 Å². The minimum absolute atomic E-state index is 0.202. The van der Waals surface area contributed by atoms with E-state index in [1.54, 1.807) is 19.1 Å². The summed E-state index contributed by atoms with van der Waals surface area (Å²) in [7, 11) is 1.29. The maximum Gasteiger partial charge on any atom is 0.341 e. The van der Waals surface area contributed by atoms with Crippen molar-refractivity contribution in [2.75, 3.05) is 12.4 Å². The quantitative estimate of drug-likeness (QED) is 0.698. The highest BCUT2D eigenvalue weighted by atomic mass is 32.1. The normalized spacial score (nSPS) is 10.8. The molecule has 1 amide bonds. The second kappa shape index (κ2) is 7.32. The van der Waals surface area contributed by atoms with Gasteiger partial charge in [0.05, 0.1) is 29.9 Å². The third-order valence-corrected chi connectivity index (χ3v) is 5.44. The number of benzene rings is 1. The molecule has 0 aliphatic carbocycles. The zero-order chi connectivity index (χ0) is 19.7. The van der Waals surface area contributed by atoms with E-state index < -0.39 is 11.9 Å². The van der Waals surface area contributed by atoms with Crippen LogP contribution in [-0.4, -0.2) is 28.5 Å². The largest absolute Gasteiger partial charge is 0.465 e. The number of carbonyl (C=O) groups excluding carboxylic acids is 2. The van der Waals surface area contributed by atoms with E-state index in [0.29, 0.717) is 21.5 Å². The summed E-state index contributed by atoms with van der Waals surface area (Å²) in [5, 5.41) is 3.59. The van der Waals surface area contributed by atoms with Gasteiger partial charge in [-0.2, -0.15) is 0 Å². The lowest BCUT2D eigenvalue weighted by Crippen LogP contribution is -2.28. The molecule has 0 bridgehead atoms. The first-order chi connectivity index (χ1) is 12.8. The van der Waals surface area contributed by atoms with E-state index >= 15 is 0 Å². The van der Waals surface area contributed by atoms with Crippen molar-refractivity contribution in [1.82, 2.24) is 9.55 Å². The second-order valence-corrected chi connectivity index (χ2v) is 7.45. The first-order valence-electron chi connectivity index (χ1n) is 8.25. The fourth-order valence-electron chi connectivity index (χ4n) is 2.77. The minimum Gasteiger partial charge on any atom is -0.465 e. The molecule has 3 aromatic rings. The highest BCUT2D eigenvalue weighted by Crippen LogP contribution is 2.32. The number of nitrogens with one attached hydrogen (secondary N) is 1. The van der Waals surface area contributed by atoms with Crippen LogP contribution in [-0.2, 0) is 16.1 Å². The summed E-state index contributed by atoms with van der Waals surface area (Å²) in [5.74, 6) is -0.926. The van der Waals surface area contributed by atoms with Gasteiger partial charge in [0.15, 0.2) is 0 Å². The number of amides is 1. The lowest BCUT2D eigenvalue weighted by Gasteiger charge is -2.09. The molecule has 1 N–H and O–H groups in total. The lowest BCUT2D eigenvalue weighted by molar-refractivity contribution is -0.116. The number of carbonyl (C=O) groups is 2. The number of aryl methyl sites for hydroxylation is 2. The molecular formula is C19H19N3O4S. The molecule has 140 valence electrons. The van der Waals surface area contributed by atoms with Crippen molar-refractivity contribution in [1.29, 1.82) is 0 Å². The molecule has 3 rings (SSSR count). The van der Waals surface area contributed by atoms with Gasteiger partial charge in [0.2, 0.25) is 5.91 Å². The maximum atomic E-state index is 12.6. The van der Waals surface area contributed by atoms with Crippen LogP contribution in [0, 0.1) is 20.8 Å². The first kappa shape index (κ1) is 18.8. The van der Waals surface area contributed by atoms with Crippen LogP contribution in [0.15, 0.2) is 29.3 Å². The van der Waals surface area contributed by atoms with E-state index in [2.05, 4.69) is 10.3 Å². The Kier molecular flexibility index (Phi) is 5.09. The number of ether oxygens (including phenoxy) is 1. The van der Waals surface area contributed by atoms with Crippen molar-refractivity contribution in [3.05, 3.63) is 56.4 Å². The van der Waals surface area contributed by atoms with Crippen molar-refractivity contribution < 1.29 is 14.3 Å². The topological polar surface area (TPSA) is 90.3 Å². The molecule has 0 unspecified atom stereocenters. The fraction of sp³-hybridized carbons (Fsp3) is 0.263. The van der Waals surface area contributed by atoms with Gasteiger partial charge in [0.1, 0.15) is 11.5 Å². The lowest BCUT2D eigenvalue weighted by atomic mass is 10.1. The van der Waals surface area contributed by atoms with Crippen LogP contribution in [0.25, 0.3) is 10.9 Å². The third kappa shape index (κ3) is 3.61.